The van der Waals surface area contributed by atoms with E-state index in [1.165, 1.54) is 0 Å². The van der Waals surface area contributed by atoms with Gasteiger partial charge in [-0.05, 0) is 36.2 Å². The molecule has 35 heavy (non-hydrogen) atoms. The van der Waals surface area contributed by atoms with E-state index in [0.29, 0.717) is 23.4 Å². The standard InChI is InChI=1S/C30H25N3O2/c34-28(23-14-6-2-7-15-23)21-33-27-19-11-10-18-25(27)31-29(33)26(20-22-12-4-1-5-13-22)32-30(35)24-16-8-3-9-17-24/h1-19,26H,20-21H2,(H,32,35). The largest absolute Gasteiger partial charge is 0.342 e. The lowest BCUT2D eigenvalue weighted by Gasteiger charge is -2.20. The van der Waals surface area contributed by atoms with E-state index < -0.39 is 6.04 Å². The van der Waals surface area contributed by atoms with Gasteiger partial charge >= 0.3 is 0 Å². The minimum Gasteiger partial charge on any atom is -0.342 e. The number of carbonyl (C=O) groups is 2. The SMILES string of the molecule is O=C(Cn1c(C(Cc2ccccc2)NC(=O)c2ccccc2)nc2ccccc21)c1ccccc1. The van der Waals surface area contributed by atoms with Crippen LogP contribution in [0.4, 0.5) is 0 Å². The maximum atomic E-state index is 13.2. The summed E-state index contributed by atoms with van der Waals surface area (Å²) in [5.41, 5.74) is 3.94. The van der Waals surface area contributed by atoms with Crippen LogP contribution >= 0.6 is 0 Å². The predicted octanol–water partition coefficient (Wildman–Crippen LogP) is 5.63. The van der Waals surface area contributed by atoms with Crippen LogP contribution in [0.2, 0.25) is 0 Å². The molecule has 0 aliphatic rings. The van der Waals surface area contributed by atoms with E-state index in [9.17, 15) is 9.59 Å². The van der Waals surface area contributed by atoms with E-state index in [-0.39, 0.29) is 18.2 Å². The highest BCUT2D eigenvalue weighted by Crippen LogP contribution is 2.25. The number of nitrogens with zero attached hydrogens (tertiary/aromatic N) is 2. The summed E-state index contributed by atoms with van der Waals surface area (Å²) in [5, 5.41) is 3.18. The summed E-state index contributed by atoms with van der Waals surface area (Å²) in [6.07, 6.45) is 0.544. The summed E-state index contributed by atoms with van der Waals surface area (Å²) in [6, 6.07) is 35.7. The Morgan fingerprint density at radius 1 is 0.714 bits per heavy atom. The van der Waals surface area contributed by atoms with Gasteiger partial charge in [-0.15, -0.1) is 0 Å². The Balaban J connectivity index is 1.56. The van der Waals surface area contributed by atoms with Gasteiger partial charge in [0.25, 0.3) is 5.91 Å². The van der Waals surface area contributed by atoms with E-state index in [2.05, 4.69) is 5.32 Å². The molecule has 1 heterocycles. The molecule has 0 spiro atoms. The molecule has 4 aromatic carbocycles. The average molecular weight is 460 g/mol. The fourth-order valence-electron chi connectivity index (χ4n) is 4.27. The Morgan fingerprint density at radius 2 is 1.29 bits per heavy atom. The van der Waals surface area contributed by atoms with Gasteiger partial charge in [-0.1, -0.05) is 91.0 Å². The molecule has 0 aliphatic heterocycles. The van der Waals surface area contributed by atoms with Crippen LogP contribution < -0.4 is 5.32 Å². The summed E-state index contributed by atoms with van der Waals surface area (Å²) >= 11 is 0. The van der Waals surface area contributed by atoms with Gasteiger partial charge in [0.05, 0.1) is 23.6 Å². The van der Waals surface area contributed by atoms with Gasteiger partial charge in [-0.25, -0.2) is 4.98 Å². The number of benzene rings is 4. The molecule has 0 saturated carbocycles. The minimum absolute atomic E-state index is 0.0112. The van der Waals surface area contributed by atoms with E-state index in [1.54, 1.807) is 12.1 Å². The zero-order valence-corrected chi connectivity index (χ0v) is 19.2. The molecule has 1 N–H and O–H groups in total. The highest BCUT2D eigenvalue weighted by atomic mass is 16.1. The Kier molecular flexibility index (Phi) is 6.48. The van der Waals surface area contributed by atoms with Gasteiger partial charge in [-0.2, -0.15) is 0 Å². The predicted molar refractivity (Wildman–Crippen MR) is 137 cm³/mol. The first-order valence-electron chi connectivity index (χ1n) is 11.6. The summed E-state index contributed by atoms with van der Waals surface area (Å²) in [6.45, 7) is 0.131. The number of ketones is 1. The number of hydrogen-bond donors (Lipinski definition) is 1. The van der Waals surface area contributed by atoms with Crippen molar-refractivity contribution in [3.05, 3.63) is 138 Å². The van der Waals surface area contributed by atoms with Crippen molar-refractivity contribution in [2.75, 3.05) is 0 Å². The number of carbonyl (C=O) groups excluding carboxylic acids is 2. The molecule has 1 aromatic heterocycles. The first-order chi connectivity index (χ1) is 17.2. The van der Waals surface area contributed by atoms with Crippen molar-refractivity contribution in [2.45, 2.75) is 19.0 Å². The first kappa shape index (κ1) is 22.3. The summed E-state index contributed by atoms with van der Waals surface area (Å²) in [7, 11) is 0. The molecule has 0 radical (unpaired) electrons. The average Bonchev–Trinajstić information content (AvgIpc) is 3.28. The lowest BCUT2D eigenvalue weighted by molar-refractivity contribution is 0.0934. The number of amides is 1. The number of imidazole rings is 1. The van der Waals surface area contributed by atoms with Crippen molar-refractivity contribution in [3.63, 3.8) is 0 Å². The quantitative estimate of drug-likeness (QED) is 0.306. The van der Waals surface area contributed by atoms with Gasteiger partial charge in [-0.3, -0.25) is 9.59 Å². The van der Waals surface area contributed by atoms with Gasteiger partial charge in [0, 0.05) is 11.1 Å². The molecule has 1 amide bonds. The molecule has 0 saturated heterocycles. The summed E-state index contributed by atoms with van der Waals surface area (Å²) < 4.78 is 1.93. The lowest BCUT2D eigenvalue weighted by atomic mass is 10.0. The number of rotatable bonds is 8. The van der Waals surface area contributed by atoms with Crippen LogP contribution in [-0.2, 0) is 13.0 Å². The molecule has 5 rings (SSSR count). The van der Waals surface area contributed by atoms with E-state index in [4.69, 9.17) is 4.98 Å². The van der Waals surface area contributed by atoms with Crippen molar-refractivity contribution in [3.8, 4) is 0 Å². The van der Waals surface area contributed by atoms with Crippen LogP contribution in [0.3, 0.4) is 0 Å². The van der Waals surface area contributed by atoms with Crippen LogP contribution in [0.15, 0.2) is 115 Å². The highest BCUT2D eigenvalue weighted by molar-refractivity contribution is 5.97. The monoisotopic (exact) mass is 459 g/mol. The van der Waals surface area contributed by atoms with Crippen molar-refractivity contribution < 1.29 is 9.59 Å². The third-order valence-electron chi connectivity index (χ3n) is 6.02. The summed E-state index contributed by atoms with van der Waals surface area (Å²) in [4.78, 5) is 31.3. The van der Waals surface area contributed by atoms with E-state index in [0.717, 1.165) is 16.6 Å². The number of Topliss-reactive ketones (excluding diaryl/α,β-unsaturated/α-hetero) is 1. The molecule has 5 aromatic rings. The molecule has 5 nitrogen and oxygen atoms in total. The Bertz CT molecular complexity index is 1440. The van der Waals surface area contributed by atoms with Gasteiger partial charge in [0.2, 0.25) is 0 Å². The number of nitrogens with one attached hydrogen (secondary N) is 1. The fourth-order valence-corrected chi connectivity index (χ4v) is 4.27. The first-order valence-corrected chi connectivity index (χ1v) is 11.6. The van der Waals surface area contributed by atoms with Crippen molar-refractivity contribution in [1.82, 2.24) is 14.9 Å². The number of hydrogen-bond acceptors (Lipinski definition) is 3. The second-order valence-corrected chi connectivity index (χ2v) is 8.42. The normalized spacial score (nSPS) is 11.8. The molecule has 0 aliphatic carbocycles. The third-order valence-corrected chi connectivity index (χ3v) is 6.02. The van der Waals surface area contributed by atoms with Crippen LogP contribution in [0.25, 0.3) is 11.0 Å². The number of aromatic nitrogens is 2. The number of fused-ring (bicyclic) bond motifs is 1. The number of para-hydroxylation sites is 2. The van der Waals surface area contributed by atoms with Crippen LogP contribution in [0.5, 0.6) is 0 Å². The maximum Gasteiger partial charge on any atom is 0.251 e. The van der Waals surface area contributed by atoms with Crippen LogP contribution in [-0.4, -0.2) is 21.2 Å². The smallest absolute Gasteiger partial charge is 0.251 e. The molecule has 0 fully saturated rings. The second kappa shape index (κ2) is 10.2. The molecule has 1 unspecified atom stereocenters. The van der Waals surface area contributed by atoms with Crippen molar-refractivity contribution in [2.24, 2.45) is 0 Å². The zero-order chi connectivity index (χ0) is 24.0. The third kappa shape index (κ3) is 5.04. The van der Waals surface area contributed by atoms with Crippen molar-refractivity contribution in [1.29, 1.82) is 0 Å². The summed E-state index contributed by atoms with van der Waals surface area (Å²) in [5.74, 6) is 0.464. The van der Waals surface area contributed by atoms with Crippen molar-refractivity contribution >= 4 is 22.7 Å². The van der Waals surface area contributed by atoms with Gasteiger partial charge in [0.15, 0.2) is 5.78 Å². The second-order valence-electron chi connectivity index (χ2n) is 8.42. The van der Waals surface area contributed by atoms with Gasteiger partial charge < -0.3 is 9.88 Å². The Morgan fingerprint density at radius 3 is 1.97 bits per heavy atom. The molecular weight excluding hydrogens is 434 g/mol. The molecule has 172 valence electrons. The van der Waals surface area contributed by atoms with Gasteiger partial charge in [0.1, 0.15) is 5.82 Å². The van der Waals surface area contributed by atoms with E-state index >= 15 is 0 Å². The van der Waals surface area contributed by atoms with E-state index in [1.807, 2.05) is 108 Å². The van der Waals surface area contributed by atoms with Crippen LogP contribution in [0, 0.1) is 0 Å². The highest BCUT2D eigenvalue weighted by Gasteiger charge is 2.24. The van der Waals surface area contributed by atoms with Crippen LogP contribution in [0.1, 0.15) is 38.1 Å². The minimum atomic E-state index is -0.430. The molecule has 1 atom stereocenters. The maximum absolute atomic E-state index is 13.2. The lowest BCUT2D eigenvalue weighted by Crippen LogP contribution is -2.32. The fraction of sp³-hybridized carbons (Fsp3) is 0.100. The molecule has 0 bridgehead atoms. The molecule has 5 heteroatoms. The molecular formula is C30H25N3O2. The topological polar surface area (TPSA) is 64.0 Å². The zero-order valence-electron chi connectivity index (χ0n) is 19.2. The Hall–Kier alpha value is -4.51. The Labute approximate surface area is 204 Å².